The second-order valence-electron chi connectivity index (χ2n) is 6.23. The molecule has 0 spiro atoms. The van der Waals surface area contributed by atoms with Gasteiger partial charge in [-0.2, -0.15) is 5.10 Å². The second kappa shape index (κ2) is 10.3. The first-order chi connectivity index (χ1) is 13.8. The summed E-state index contributed by atoms with van der Waals surface area (Å²) >= 11 is 0. The van der Waals surface area contributed by atoms with Crippen LogP contribution in [0, 0.1) is 11.6 Å². The van der Waals surface area contributed by atoms with Gasteiger partial charge in [-0.25, -0.2) is 8.78 Å². The first-order valence-corrected chi connectivity index (χ1v) is 8.79. The van der Waals surface area contributed by atoms with Crippen molar-refractivity contribution in [3.05, 3.63) is 47.3 Å². The zero-order valence-electron chi connectivity index (χ0n) is 15.6. The van der Waals surface area contributed by atoms with E-state index in [1.807, 2.05) is 0 Å². The van der Waals surface area contributed by atoms with Crippen molar-refractivity contribution in [1.82, 2.24) is 20.8 Å². The molecular weight excluding hydrogens is 388 g/mol. The van der Waals surface area contributed by atoms with E-state index in [2.05, 4.69) is 26.1 Å². The summed E-state index contributed by atoms with van der Waals surface area (Å²) in [5.74, 6) is -4.23. The van der Waals surface area contributed by atoms with Crippen LogP contribution in [0.3, 0.4) is 0 Å². The summed E-state index contributed by atoms with van der Waals surface area (Å²) in [6.45, 7) is 2.70. The maximum Gasteiger partial charge on any atom is 0.300 e. The molecular formula is C18H21F2N5O4. The summed E-state index contributed by atoms with van der Waals surface area (Å²) in [4.78, 5) is 33.5. The summed E-state index contributed by atoms with van der Waals surface area (Å²) in [5.41, 5.74) is -0.629. The second-order valence-corrected chi connectivity index (χ2v) is 6.23. The van der Waals surface area contributed by atoms with Crippen LogP contribution in [0.25, 0.3) is 0 Å². The molecule has 3 rings (SSSR count). The molecule has 0 radical (unpaired) electrons. The van der Waals surface area contributed by atoms with E-state index < -0.39 is 35.0 Å². The van der Waals surface area contributed by atoms with E-state index in [1.165, 1.54) is 6.20 Å². The first-order valence-electron chi connectivity index (χ1n) is 8.79. The number of amides is 2. The molecule has 1 saturated heterocycles. The van der Waals surface area contributed by atoms with Crippen molar-refractivity contribution in [2.24, 2.45) is 0 Å². The number of hydrogen-bond donors (Lipinski definition) is 5. The lowest BCUT2D eigenvalue weighted by Crippen LogP contribution is -2.43. The monoisotopic (exact) mass is 409 g/mol. The molecule has 156 valence electrons. The van der Waals surface area contributed by atoms with Crippen LogP contribution < -0.4 is 16.0 Å². The Morgan fingerprint density at radius 1 is 1.14 bits per heavy atom. The summed E-state index contributed by atoms with van der Waals surface area (Å²) < 4.78 is 27.4. The third-order valence-electron chi connectivity index (χ3n) is 3.98. The number of nitrogens with zero attached hydrogens (tertiary/aromatic N) is 1. The Morgan fingerprint density at radius 3 is 2.31 bits per heavy atom. The normalized spacial score (nSPS) is 13.8. The quantitative estimate of drug-likeness (QED) is 0.519. The number of piperidine rings is 1. The number of aromatic nitrogens is 2. The van der Waals surface area contributed by atoms with Gasteiger partial charge < -0.3 is 21.1 Å². The molecule has 29 heavy (non-hydrogen) atoms. The molecule has 0 atom stereocenters. The largest absolute Gasteiger partial charge is 0.481 e. The number of nitrogens with one attached hydrogen (secondary N) is 4. The minimum absolute atomic E-state index is 0.0182. The predicted octanol–water partition coefficient (Wildman–Crippen LogP) is 1.51. The number of carboxylic acid groups (broad SMARTS) is 1. The van der Waals surface area contributed by atoms with Crippen LogP contribution in [0.1, 0.15) is 40.6 Å². The number of rotatable bonds is 4. The van der Waals surface area contributed by atoms with E-state index in [0.717, 1.165) is 51.1 Å². The molecule has 1 aromatic heterocycles. The molecule has 1 fully saturated rings. The molecule has 2 heterocycles. The van der Waals surface area contributed by atoms with Gasteiger partial charge in [0.25, 0.3) is 17.8 Å². The summed E-state index contributed by atoms with van der Waals surface area (Å²) in [5, 5.41) is 22.0. The highest BCUT2D eigenvalue weighted by molar-refractivity contribution is 6.08. The number of benzene rings is 1. The molecule has 0 unspecified atom stereocenters. The smallest absolute Gasteiger partial charge is 0.300 e. The zero-order valence-corrected chi connectivity index (χ0v) is 15.6. The van der Waals surface area contributed by atoms with Gasteiger partial charge in [0, 0.05) is 13.0 Å². The summed E-state index contributed by atoms with van der Waals surface area (Å²) in [7, 11) is 0. The highest BCUT2D eigenvalue weighted by Gasteiger charge is 2.23. The van der Waals surface area contributed by atoms with Crippen molar-refractivity contribution in [1.29, 1.82) is 0 Å². The third-order valence-corrected chi connectivity index (χ3v) is 3.98. The molecule has 0 aliphatic carbocycles. The molecule has 2 amide bonds. The van der Waals surface area contributed by atoms with Gasteiger partial charge in [0.15, 0.2) is 0 Å². The highest BCUT2D eigenvalue weighted by atomic mass is 19.1. The Bertz CT molecular complexity index is 857. The highest BCUT2D eigenvalue weighted by Crippen LogP contribution is 2.17. The number of aromatic amines is 1. The van der Waals surface area contributed by atoms with E-state index in [4.69, 9.17) is 9.90 Å². The average Bonchev–Trinajstić information content (AvgIpc) is 3.10. The first kappa shape index (κ1) is 22.0. The molecule has 2 aromatic rings. The van der Waals surface area contributed by atoms with Crippen molar-refractivity contribution in [3.63, 3.8) is 0 Å². The molecule has 0 bridgehead atoms. The van der Waals surface area contributed by atoms with Crippen LogP contribution in [0.4, 0.5) is 14.5 Å². The van der Waals surface area contributed by atoms with Crippen LogP contribution in [0.2, 0.25) is 0 Å². The third kappa shape index (κ3) is 6.35. The van der Waals surface area contributed by atoms with E-state index in [1.54, 1.807) is 0 Å². The van der Waals surface area contributed by atoms with Gasteiger partial charge in [0.2, 0.25) is 0 Å². The fourth-order valence-electron chi connectivity index (χ4n) is 2.68. The molecule has 9 nitrogen and oxygen atoms in total. The van der Waals surface area contributed by atoms with Crippen molar-refractivity contribution in [2.75, 3.05) is 18.4 Å². The van der Waals surface area contributed by atoms with Crippen LogP contribution in [-0.4, -0.2) is 52.2 Å². The van der Waals surface area contributed by atoms with Crippen molar-refractivity contribution < 1.29 is 28.3 Å². The molecule has 5 N–H and O–H groups in total. The van der Waals surface area contributed by atoms with Crippen LogP contribution in [0.5, 0.6) is 0 Å². The molecule has 11 heteroatoms. The molecule has 1 aliphatic rings. The maximum atomic E-state index is 13.7. The number of hydrogen-bond acceptors (Lipinski definition) is 5. The Balaban J connectivity index is 0.000000687. The van der Waals surface area contributed by atoms with Gasteiger partial charge in [0.05, 0.1) is 11.9 Å². The minimum Gasteiger partial charge on any atom is -0.481 e. The fraction of sp³-hybridized carbons (Fsp3) is 0.333. The van der Waals surface area contributed by atoms with Gasteiger partial charge in [-0.05, 0) is 38.1 Å². The number of halogens is 2. The van der Waals surface area contributed by atoms with Crippen LogP contribution in [0.15, 0.2) is 24.4 Å². The molecule has 0 saturated carbocycles. The zero-order chi connectivity index (χ0) is 21.4. The average molecular weight is 409 g/mol. The standard InChI is InChI=1S/C16H17F2N5O2.C2H4O2/c17-10-2-1-3-11(18)13(10)15(24)22-12-8-20-23-14(12)16(25)21-9-4-6-19-7-5-9;1-2(3)4/h1-3,8-9,19H,4-7H2,(H,20,23)(H,21,25)(H,22,24);1H3,(H,3,4). The lowest BCUT2D eigenvalue weighted by atomic mass is 10.1. The maximum absolute atomic E-state index is 13.7. The van der Waals surface area contributed by atoms with E-state index in [-0.39, 0.29) is 17.4 Å². The van der Waals surface area contributed by atoms with Crippen LogP contribution >= 0.6 is 0 Å². The topological polar surface area (TPSA) is 136 Å². The Hall–Kier alpha value is -3.34. The predicted molar refractivity (Wildman–Crippen MR) is 99.6 cm³/mol. The Labute approximate surface area is 164 Å². The Morgan fingerprint density at radius 2 is 1.72 bits per heavy atom. The van der Waals surface area contributed by atoms with Crippen LogP contribution in [-0.2, 0) is 4.79 Å². The van der Waals surface area contributed by atoms with E-state index in [9.17, 15) is 18.4 Å². The minimum atomic E-state index is -0.993. The number of aliphatic carboxylic acids is 1. The van der Waals surface area contributed by atoms with Gasteiger partial charge in [0.1, 0.15) is 22.9 Å². The molecule has 1 aliphatic heterocycles. The SMILES string of the molecule is CC(=O)O.O=C(NC1CCNCC1)c1[nH]ncc1NC(=O)c1c(F)cccc1F. The number of carboxylic acids is 1. The number of H-pyrrole nitrogens is 1. The van der Waals surface area contributed by atoms with Gasteiger partial charge >= 0.3 is 0 Å². The summed E-state index contributed by atoms with van der Waals surface area (Å²) in [6.07, 6.45) is 2.80. The number of carbonyl (C=O) groups is 3. The van der Waals surface area contributed by atoms with Gasteiger partial charge in [-0.15, -0.1) is 0 Å². The van der Waals surface area contributed by atoms with E-state index >= 15 is 0 Å². The lowest BCUT2D eigenvalue weighted by molar-refractivity contribution is -0.134. The van der Waals surface area contributed by atoms with E-state index in [0.29, 0.717) is 0 Å². The lowest BCUT2D eigenvalue weighted by Gasteiger charge is -2.23. The fourth-order valence-corrected chi connectivity index (χ4v) is 2.68. The number of carbonyl (C=O) groups excluding carboxylic acids is 2. The van der Waals surface area contributed by atoms with Crippen molar-refractivity contribution >= 4 is 23.5 Å². The number of anilines is 1. The summed E-state index contributed by atoms with van der Waals surface area (Å²) in [6, 6.07) is 3.15. The van der Waals surface area contributed by atoms with Gasteiger partial charge in [-0.1, -0.05) is 6.07 Å². The van der Waals surface area contributed by atoms with Crippen molar-refractivity contribution in [2.45, 2.75) is 25.8 Å². The van der Waals surface area contributed by atoms with Crippen molar-refractivity contribution in [3.8, 4) is 0 Å². The molecule has 1 aromatic carbocycles. The van der Waals surface area contributed by atoms with Gasteiger partial charge in [-0.3, -0.25) is 19.5 Å². The Kier molecular flexibility index (Phi) is 7.78.